The van der Waals surface area contributed by atoms with Gasteiger partial charge in [-0.15, -0.1) is 0 Å². The van der Waals surface area contributed by atoms with E-state index in [1.807, 2.05) is 0 Å². The third-order valence-electron chi connectivity index (χ3n) is 5.03. The number of rotatable bonds is 5. The van der Waals surface area contributed by atoms with Gasteiger partial charge in [-0.2, -0.15) is 13.2 Å². The van der Waals surface area contributed by atoms with Gasteiger partial charge < -0.3 is 9.84 Å². The number of ether oxygens (including phenoxy) is 1. The zero-order valence-electron chi connectivity index (χ0n) is 15.4. The third-order valence-corrected chi connectivity index (χ3v) is 5.03. The van der Waals surface area contributed by atoms with Crippen LogP contribution in [0.1, 0.15) is 64.7 Å². The van der Waals surface area contributed by atoms with Gasteiger partial charge in [0, 0.05) is 11.3 Å². The average Bonchev–Trinajstić information content (AvgIpc) is 2.66. The summed E-state index contributed by atoms with van der Waals surface area (Å²) in [5, 5.41) is 9.15. The first-order valence-electron chi connectivity index (χ1n) is 9.12. The maximum Gasteiger partial charge on any atom is 0.416 e. The minimum atomic E-state index is -4.38. The van der Waals surface area contributed by atoms with E-state index in [2.05, 4.69) is 9.97 Å². The number of nitrogens with zero attached hydrogens (tertiary/aromatic N) is 2. The normalized spacial score (nSPS) is 20.1. The quantitative estimate of drug-likeness (QED) is 0.793. The van der Waals surface area contributed by atoms with Gasteiger partial charge in [-0.3, -0.25) is 0 Å². The molecule has 1 fully saturated rings. The number of carboxylic acid groups (broad SMARTS) is 1. The Labute approximate surface area is 160 Å². The topological polar surface area (TPSA) is 72.3 Å². The van der Waals surface area contributed by atoms with Crippen molar-refractivity contribution in [2.24, 2.45) is 0 Å². The van der Waals surface area contributed by atoms with Crippen LogP contribution in [0, 0.1) is 6.92 Å². The van der Waals surface area contributed by atoms with Gasteiger partial charge in [0.05, 0.1) is 17.8 Å². The Kier molecular flexibility index (Phi) is 5.98. The molecule has 0 aliphatic carbocycles. The third kappa shape index (κ3) is 4.67. The molecule has 1 aliphatic rings. The van der Waals surface area contributed by atoms with Crippen LogP contribution in [0.3, 0.4) is 0 Å². The Morgan fingerprint density at radius 3 is 2.79 bits per heavy atom. The van der Waals surface area contributed by atoms with Crippen LogP contribution in [-0.2, 0) is 17.3 Å². The number of halogens is 3. The number of hydrogen-bond donors (Lipinski definition) is 1. The minimum absolute atomic E-state index is 0.0172. The number of aromatic carboxylic acids is 1. The lowest BCUT2D eigenvalue weighted by Gasteiger charge is -2.31. The lowest BCUT2D eigenvalue weighted by Crippen LogP contribution is -2.23. The van der Waals surface area contributed by atoms with E-state index in [0.29, 0.717) is 36.1 Å². The van der Waals surface area contributed by atoms with Crippen LogP contribution < -0.4 is 0 Å². The Morgan fingerprint density at radius 1 is 1.29 bits per heavy atom. The minimum Gasteiger partial charge on any atom is -0.477 e. The number of carbonyl (C=O) groups is 1. The highest BCUT2D eigenvalue weighted by Gasteiger charge is 2.32. The molecule has 2 heterocycles. The lowest BCUT2D eigenvalue weighted by atomic mass is 9.94. The molecule has 0 radical (unpaired) electrons. The second-order valence-corrected chi connectivity index (χ2v) is 6.94. The number of benzene rings is 1. The number of carboxylic acids is 1. The van der Waals surface area contributed by atoms with E-state index < -0.39 is 17.7 Å². The summed E-state index contributed by atoms with van der Waals surface area (Å²) in [6.07, 6.45) is -0.151. The summed E-state index contributed by atoms with van der Waals surface area (Å²) < 4.78 is 44.9. The summed E-state index contributed by atoms with van der Waals surface area (Å²) >= 11 is 0. The molecule has 150 valence electrons. The number of aryl methyl sites for hydroxylation is 1. The zero-order valence-corrected chi connectivity index (χ0v) is 15.4. The molecule has 0 unspecified atom stereocenters. The molecule has 0 spiro atoms. The van der Waals surface area contributed by atoms with Crippen LogP contribution in [-0.4, -0.2) is 27.1 Å². The number of hydrogen-bond acceptors (Lipinski definition) is 4. The van der Waals surface area contributed by atoms with Crippen LogP contribution in [0.5, 0.6) is 0 Å². The van der Waals surface area contributed by atoms with Gasteiger partial charge in [0.2, 0.25) is 0 Å². The molecule has 2 atom stereocenters. The summed E-state index contributed by atoms with van der Waals surface area (Å²) in [5.74, 6) is -1.10. The van der Waals surface area contributed by atoms with Crippen molar-refractivity contribution in [3.63, 3.8) is 0 Å². The Bertz CT molecular complexity index is 855. The van der Waals surface area contributed by atoms with Crippen LogP contribution in [0.15, 0.2) is 30.6 Å². The first kappa shape index (κ1) is 20.3. The summed E-state index contributed by atoms with van der Waals surface area (Å²) in [7, 11) is 0. The van der Waals surface area contributed by atoms with Crippen LogP contribution in [0.2, 0.25) is 0 Å². The van der Waals surface area contributed by atoms with Crippen molar-refractivity contribution in [1.29, 1.82) is 0 Å². The maximum absolute atomic E-state index is 13.0. The Morgan fingerprint density at radius 2 is 2.07 bits per heavy atom. The molecule has 1 N–H and O–H groups in total. The van der Waals surface area contributed by atoms with Gasteiger partial charge in [-0.25, -0.2) is 14.8 Å². The van der Waals surface area contributed by atoms with Crippen molar-refractivity contribution in [3.8, 4) is 0 Å². The standard InChI is InChI=1S/C20H21F3N2O3/c1-12-16(24-11-25-18(12)19(26)27)9-8-15-6-3-7-17(28-15)13-4-2-5-14(10-13)20(21,22)23/h2,4-5,10-11,15,17H,3,6-9H2,1H3,(H,26,27)/t15-,17+/m0/s1. The van der Waals surface area contributed by atoms with Crippen LogP contribution in [0.25, 0.3) is 0 Å². The molecule has 1 aliphatic heterocycles. The molecule has 1 saturated heterocycles. The van der Waals surface area contributed by atoms with E-state index in [1.165, 1.54) is 12.4 Å². The fourth-order valence-corrected chi connectivity index (χ4v) is 3.52. The predicted octanol–water partition coefficient (Wildman–Crippen LogP) is 4.75. The molecule has 8 heteroatoms. The van der Waals surface area contributed by atoms with Gasteiger partial charge in [-0.05, 0) is 56.7 Å². The number of alkyl halides is 3. The molecule has 0 saturated carbocycles. The largest absolute Gasteiger partial charge is 0.477 e. The van der Waals surface area contributed by atoms with Gasteiger partial charge in [-0.1, -0.05) is 12.1 Å². The van der Waals surface area contributed by atoms with Crippen molar-refractivity contribution in [2.75, 3.05) is 0 Å². The van der Waals surface area contributed by atoms with E-state index in [-0.39, 0.29) is 17.9 Å². The van der Waals surface area contributed by atoms with Gasteiger partial charge in [0.25, 0.3) is 0 Å². The molecule has 0 amide bonds. The highest BCUT2D eigenvalue weighted by molar-refractivity contribution is 5.87. The van der Waals surface area contributed by atoms with Gasteiger partial charge in [0.15, 0.2) is 5.69 Å². The highest BCUT2D eigenvalue weighted by Crippen LogP contribution is 2.36. The average molecular weight is 394 g/mol. The van der Waals surface area contributed by atoms with E-state index in [4.69, 9.17) is 9.84 Å². The second-order valence-electron chi connectivity index (χ2n) is 6.94. The van der Waals surface area contributed by atoms with E-state index in [9.17, 15) is 18.0 Å². The maximum atomic E-state index is 13.0. The fourth-order valence-electron chi connectivity index (χ4n) is 3.52. The lowest BCUT2D eigenvalue weighted by molar-refractivity contribution is -0.137. The number of aromatic nitrogens is 2. The van der Waals surface area contributed by atoms with Crippen molar-refractivity contribution >= 4 is 5.97 Å². The molecule has 28 heavy (non-hydrogen) atoms. The van der Waals surface area contributed by atoms with E-state index in [0.717, 1.165) is 25.0 Å². The molecule has 0 bridgehead atoms. The molecule has 1 aromatic carbocycles. The van der Waals surface area contributed by atoms with Gasteiger partial charge >= 0.3 is 12.1 Å². The van der Waals surface area contributed by atoms with Crippen molar-refractivity contribution in [1.82, 2.24) is 9.97 Å². The first-order chi connectivity index (χ1) is 13.3. The van der Waals surface area contributed by atoms with Crippen molar-refractivity contribution in [3.05, 3.63) is 58.7 Å². The zero-order chi connectivity index (χ0) is 20.3. The summed E-state index contributed by atoms with van der Waals surface area (Å²) in [4.78, 5) is 19.1. The fraction of sp³-hybridized carbons (Fsp3) is 0.450. The highest BCUT2D eigenvalue weighted by atomic mass is 19.4. The Hall–Kier alpha value is -2.48. The molecule has 1 aromatic heterocycles. The molecule has 3 rings (SSSR count). The Balaban J connectivity index is 1.66. The monoisotopic (exact) mass is 394 g/mol. The molecular weight excluding hydrogens is 373 g/mol. The van der Waals surface area contributed by atoms with Crippen LogP contribution >= 0.6 is 0 Å². The molecular formula is C20H21F3N2O3. The van der Waals surface area contributed by atoms with E-state index >= 15 is 0 Å². The summed E-state index contributed by atoms with van der Waals surface area (Å²) in [6.45, 7) is 1.67. The van der Waals surface area contributed by atoms with Crippen molar-refractivity contribution < 1.29 is 27.8 Å². The van der Waals surface area contributed by atoms with E-state index in [1.54, 1.807) is 13.0 Å². The summed E-state index contributed by atoms with van der Waals surface area (Å²) in [6, 6.07) is 5.28. The second kappa shape index (κ2) is 8.26. The first-order valence-corrected chi connectivity index (χ1v) is 9.12. The van der Waals surface area contributed by atoms with Crippen molar-refractivity contribution in [2.45, 2.75) is 57.4 Å². The smallest absolute Gasteiger partial charge is 0.416 e. The summed E-state index contributed by atoms with van der Waals surface area (Å²) in [5.41, 5.74) is 1.02. The molecule has 2 aromatic rings. The SMILES string of the molecule is Cc1c(CC[C@@H]2CCC[C@H](c3cccc(C(F)(F)F)c3)O2)ncnc1C(=O)O. The molecule has 5 nitrogen and oxygen atoms in total. The van der Waals surface area contributed by atoms with Crippen LogP contribution in [0.4, 0.5) is 13.2 Å². The predicted molar refractivity (Wildman–Crippen MR) is 95.0 cm³/mol. The van der Waals surface area contributed by atoms with Gasteiger partial charge in [0.1, 0.15) is 6.33 Å².